The van der Waals surface area contributed by atoms with Crippen molar-refractivity contribution in [2.45, 2.75) is 99.8 Å². The molecule has 4 N–H and O–H groups in total. The molecule has 4 aromatic rings. The van der Waals surface area contributed by atoms with E-state index in [0.717, 1.165) is 4.90 Å². The van der Waals surface area contributed by atoms with Crippen molar-refractivity contribution in [3.8, 4) is 0 Å². The van der Waals surface area contributed by atoms with E-state index in [9.17, 15) is 72.9 Å². The molecule has 4 aliphatic rings. The van der Waals surface area contributed by atoms with Crippen molar-refractivity contribution in [1.82, 2.24) is 19.6 Å². The SMILES string of the molecule is CC(C)(C(=O)O)N1C(=O)c2ccccc2C1=O.CC(C)(C)[C@@H](C(=O)O)N1C(=O)c2c(Cl)c(Cl)c(Cl)c(Cl)c2C1=O.CC(C)(C)[C@@H](C(=O)O)N1C(=O)c2c(Cl)c(Cl)c(Cl)c(Cl)c2C1=O.CC(C)(C)[C@H](C(=O)O)N1C(=O)c2c(Cl)c(Cl)c(Cl)c(Cl)c2C1=O.[Rh].[Rh]. The number of carboxylic acids is 4. The number of halogens is 12. The maximum absolute atomic E-state index is 12.6. The molecule has 3 atom stereocenters. The minimum atomic E-state index is -1.55. The normalized spacial score (nSPS) is 15.4. The molecule has 2 radical (unpaired) electrons. The molecule has 0 spiro atoms. The standard InChI is InChI=1S/3C14H11Cl4NO4.C12H11NO4.2Rh/c3*1-14(2,3)10(13(22)23)19-11(20)4-5(12(19)21)7(16)9(18)8(17)6(4)15;1-12(2,11(16)17)13-9(14)7-5-3-4-6-8(7)10(13)15;;/h3*10H,1-3H3,(H,22,23);3-6H,1-2H3,(H,16,17);;/t3*10-;;;/m110.../s1. The molecule has 4 heterocycles. The van der Waals surface area contributed by atoms with Crippen LogP contribution in [0.4, 0.5) is 0 Å². The minimum absolute atomic E-state index is 0. The fraction of sp³-hybridized carbons (Fsp3) is 0.333. The van der Waals surface area contributed by atoms with E-state index in [0.29, 0.717) is 14.7 Å². The molecule has 20 nitrogen and oxygen atoms in total. The summed E-state index contributed by atoms with van der Waals surface area (Å²) in [5.74, 6) is -11.5. The van der Waals surface area contributed by atoms with Crippen molar-refractivity contribution in [1.29, 1.82) is 0 Å². The Kier molecular flexibility index (Phi) is 25.0. The van der Waals surface area contributed by atoms with Crippen LogP contribution in [-0.4, -0.2) is 135 Å². The molecular weight excluding hydrogens is 1590 g/mol. The Morgan fingerprint density at radius 2 is 0.500 bits per heavy atom. The molecule has 8 rings (SSSR count). The Morgan fingerprint density at radius 3 is 0.636 bits per heavy atom. The third-order valence-electron chi connectivity index (χ3n) is 13.2. The first-order valence-electron chi connectivity index (χ1n) is 24.2. The Labute approximate surface area is 586 Å². The summed E-state index contributed by atoms with van der Waals surface area (Å²) in [5.41, 5.74) is -5.15. The van der Waals surface area contributed by atoms with Gasteiger partial charge in [-0.25, -0.2) is 19.2 Å². The number of amides is 8. The van der Waals surface area contributed by atoms with Gasteiger partial charge in [0, 0.05) is 39.0 Å². The van der Waals surface area contributed by atoms with Crippen LogP contribution in [0.15, 0.2) is 24.3 Å². The quantitative estimate of drug-likeness (QED) is 0.0551. The molecule has 0 aliphatic carbocycles. The molecule has 0 fully saturated rings. The van der Waals surface area contributed by atoms with Gasteiger partial charge < -0.3 is 20.4 Å². The zero-order valence-corrected chi connectivity index (χ0v) is 59.1. The number of carbonyl (C=O) groups excluding carboxylic acids is 8. The summed E-state index contributed by atoms with van der Waals surface area (Å²) >= 11 is 71.6. The number of hydrogen-bond donors (Lipinski definition) is 4. The molecule has 4 aliphatic heterocycles. The zero-order valence-electron chi connectivity index (χ0n) is 46.7. The van der Waals surface area contributed by atoms with Gasteiger partial charge in [0.2, 0.25) is 0 Å². The van der Waals surface area contributed by atoms with Crippen molar-refractivity contribution >= 4 is 210 Å². The molecule has 0 saturated heterocycles. The molecule has 34 heteroatoms. The van der Waals surface area contributed by atoms with Crippen LogP contribution in [0.2, 0.25) is 60.3 Å². The third-order valence-corrected chi connectivity index (χ3v) is 18.6. The minimum Gasteiger partial charge on any atom is -0.480 e. The number of aliphatic carboxylic acids is 4. The van der Waals surface area contributed by atoms with E-state index < -0.39 is 111 Å². The molecule has 88 heavy (non-hydrogen) atoms. The zero-order chi connectivity index (χ0) is 66.3. The number of benzene rings is 4. The van der Waals surface area contributed by atoms with Gasteiger partial charge in [-0.1, -0.05) is 214 Å². The second-order valence-corrected chi connectivity index (χ2v) is 27.2. The van der Waals surface area contributed by atoms with Crippen LogP contribution in [0, 0.1) is 16.2 Å². The van der Waals surface area contributed by atoms with Crippen LogP contribution in [0.3, 0.4) is 0 Å². The van der Waals surface area contributed by atoms with Crippen molar-refractivity contribution in [2.75, 3.05) is 0 Å². The number of hydrogen-bond acceptors (Lipinski definition) is 12. The Bertz CT molecular complexity index is 3290. The van der Waals surface area contributed by atoms with Gasteiger partial charge >= 0.3 is 23.9 Å². The van der Waals surface area contributed by atoms with Gasteiger partial charge in [0.1, 0.15) is 23.7 Å². The van der Waals surface area contributed by atoms with Crippen molar-refractivity contribution in [2.24, 2.45) is 16.2 Å². The van der Waals surface area contributed by atoms with Gasteiger partial charge in [-0.3, -0.25) is 58.0 Å². The maximum atomic E-state index is 12.6. The van der Waals surface area contributed by atoms with Crippen LogP contribution in [-0.2, 0) is 58.1 Å². The second-order valence-electron chi connectivity index (χ2n) is 22.6. The average molecular weight is 1640 g/mol. The van der Waals surface area contributed by atoms with Gasteiger partial charge in [-0.05, 0) is 42.2 Å². The van der Waals surface area contributed by atoms with E-state index in [1.165, 1.54) is 26.0 Å². The van der Waals surface area contributed by atoms with Gasteiger partial charge in [0.15, 0.2) is 0 Å². The van der Waals surface area contributed by atoms with E-state index in [1.54, 1.807) is 74.4 Å². The number of carbonyl (C=O) groups is 12. The molecule has 478 valence electrons. The van der Waals surface area contributed by atoms with E-state index in [1.807, 2.05) is 0 Å². The Hall–Kier alpha value is -3.95. The first kappa shape index (κ1) is 78.3. The van der Waals surface area contributed by atoms with E-state index in [4.69, 9.17) is 144 Å². The van der Waals surface area contributed by atoms with Gasteiger partial charge in [0.05, 0.1) is 105 Å². The van der Waals surface area contributed by atoms with Gasteiger partial charge in [0.25, 0.3) is 47.3 Å². The van der Waals surface area contributed by atoms with Crippen molar-refractivity contribution in [3.63, 3.8) is 0 Å². The summed E-state index contributed by atoms with van der Waals surface area (Å²) in [6.07, 6.45) is 0. The molecule has 0 bridgehead atoms. The Morgan fingerprint density at radius 1 is 0.330 bits per heavy atom. The summed E-state index contributed by atoms with van der Waals surface area (Å²) < 4.78 is 0. The van der Waals surface area contributed by atoms with Crippen LogP contribution < -0.4 is 0 Å². The largest absolute Gasteiger partial charge is 0.480 e. The predicted octanol–water partition coefficient (Wildman–Crippen LogP) is 14.3. The summed E-state index contributed by atoms with van der Waals surface area (Å²) in [4.78, 5) is 148. The predicted molar refractivity (Wildman–Crippen MR) is 322 cm³/mol. The van der Waals surface area contributed by atoms with Crippen molar-refractivity contribution < 1.29 is 117 Å². The Balaban J connectivity index is 0.000000306. The molecule has 8 amide bonds. The number of rotatable bonds is 8. The fourth-order valence-corrected chi connectivity index (χ4v) is 12.2. The van der Waals surface area contributed by atoms with Crippen LogP contribution in [0.1, 0.15) is 159 Å². The van der Waals surface area contributed by atoms with Crippen LogP contribution in [0.5, 0.6) is 0 Å². The average Bonchev–Trinajstić information content (AvgIpc) is 1.65. The molecule has 0 saturated carbocycles. The second kappa shape index (κ2) is 28.1. The summed E-state index contributed by atoms with van der Waals surface area (Å²) in [5, 5.41) is 35.1. The summed E-state index contributed by atoms with van der Waals surface area (Å²) in [7, 11) is 0. The van der Waals surface area contributed by atoms with Crippen LogP contribution >= 0.6 is 139 Å². The smallest absolute Gasteiger partial charge is 0.329 e. The molecule has 0 unspecified atom stereocenters. The number of carboxylic acid groups (broad SMARTS) is 4. The molecule has 0 aromatic heterocycles. The third kappa shape index (κ3) is 13.9. The maximum Gasteiger partial charge on any atom is 0.329 e. The number of nitrogens with zero attached hydrogens (tertiary/aromatic N) is 4. The molecular formula is C54H44Cl12N4O16Rh2. The van der Waals surface area contributed by atoms with Crippen LogP contribution in [0.25, 0.3) is 0 Å². The summed E-state index contributed by atoms with van der Waals surface area (Å²) in [6, 6.07) is 2.11. The monoisotopic (exact) mass is 1630 g/mol. The number of imide groups is 4. The van der Waals surface area contributed by atoms with Gasteiger partial charge in [-0.15, -0.1) is 0 Å². The van der Waals surface area contributed by atoms with Gasteiger partial charge in [-0.2, -0.15) is 0 Å². The number of fused-ring (bicyclic) bond motifs is 4. The van der Waals surface area contributed by atoms with E-state index in [2.05, 4.69) is 0 Å². The van der Waals surface area contributed by atoms with E-state index >= 15 is 0 Å². The fourth-order valence-electron chi connectivity index (χ4n) is 9.20. The van der Waals surface area contributed by atoms with Crippen molar-refractivity contribution in [3.05, 3.63) is 129 Å². The van der Waals surface area contributed by atoms with E-state index in [-0.39, 0.29) is 144 Å². The first-order chi connectivity index (χ1) is 39.1. The summed E-state index contributed by atoms with van der Waals surface area (Å²) in [6.45, 7) is 17.0. The topological polar surface area (TPSA) is 299 Å². The first-order valence-corrected chi connectivity index (χ1v) is 28.7. The molecule has 4 aromatic carbocycles.